The van der Waals surface area contributed by atoms with Gasteiger partial charge in [-0.15, -0.1) is 0 Å². The van der Waals surface area contributed by atoms with Crippen LogP contribution in [-0.4, -0.2) is 36.0 Å². The topological polar surface area (TPSA) is 151 Å². The van der Waals surface area contributed by atoms with Gasteiger partial charge in [0.15, 0.2) is 11.5 Å². The number of aliphatic carboxylic acids is 1. The van der Waals surface area contributed by atoms with E-state index in [-0.39, 0.29) is 0 Å². The zero-order chi connectivity index (χ0) is 29.7. The van der Waals surface area contributed by atoms with Crippen molar-refractivity contribution in [3.63, 3.8) is 0 Å². The van der Waals surface area contributed by atoms with Crippen molar-refractivity contribution in [1.29, 1.82) is 0 Å². The summed E-state index contributed by atoms with van der Waals surface area (Å²) in [5.74, 6) is 0.261. The molecule has 8 heteroatoms. The average molecular weight is 564 g/mol. The predicted octanol–water partition coefficient (Wildman–Crippen LogP) is 5.46. The highest BCUT2D eigenvalue weighted by atomic mass is 16.5. The highest BCUT2D eigenvalue weighted by molar-refractivity contribution is 5.76. The molecule has 3 aromatic rings. The molecule has 1 unspecified atom stereocenters. The Kier molecular flexibility index (Phi) is 16.5. The lowest BCUT2D eigenvalue weighted by atomic mass is 9.97. The van der Waals surface area contributed by atoms with Gasteiger partial charge in [0.1, 0.15) is 25.5 Å². The lowest BCUT2D eigenvalue weighted by Gasteiger charge is -2.15. The third-order valence-corrected chi connectivity index (χ3v) is 6.51. The Hall–Kier alpha value is -3.72. The van der Waals surface area contributed by atoms with E-state index in [4.69, 9.17) is 31.8 Å². The van der Waals surface area contributed by atoms with Crippen LogP contribution in [0.3, 0.4) is 0 Å². The fraction of sp³-hybridized carbons (Fsp3) is 0.394. The van der Waals surface area contributed by atoms with Crippen molar-refractivity contribution in [2.45, 2.75) is 76.7 Å². The first-order valence-electron chi connectivity index (χ1n) is 14.3. The Labute approximate surface area is 243 Å². The standard InChI is InChI=1S/C21H18O3.C6H14N2O2.C6H13N/c22-14-19-11-12-20(23-15-17-7-3-1-4-8-17)21(13-19)24-16-18-9-5-2-6-10-18;7-4-2-1-3-5(8)6(9)10;7-6-4-2-1-3-5-6/h1-14H,15-16H2;5H,1-4,7-8H2,(H,9,10);6H,1-5,7H2. The van der Waals surface area contributed by atoms with Crippen molar-refractivity contribution in [2.75, 3.05) is 6.54 Å². The van der Waals surface area contributed by atoms with Crippen LogP contribution in [0, 0.1) is 0 Å². The zero-order valence-corrected chi connectivity index (χ0v) is 23.8. The highest BCUT2D eigenvalue weighted by Gasteiger charge is 2.10. The van der Waals surface area contributed by atoms with Crippen LogP contribution in [-0.2, 0) is 18.0 Å². The summed E-state index contributed by atoms with van der Waals surface area (Å²) in [6, 6.07) is 24.8. The number of carboxylic acid groups (broad SMARTS) is 1. The van der Waals surface area contributed by atoms with Crippen molar-refractivity contribution >= 4 is 12.3 Å². The maximum atomic E-state index is 11.0. The Morgan fingerprint density at radius 3 is 1.88 bits per heavy atom. The van der Waals surface area contributed by atoms with Crippen LogP contribution in [0.2, 0.25) is 0 Å². The highest BCUT2D eigenvalue weighted by Crippen LogP contribution is 2.29. The van der Waals surface area contributed by atoms with Gasteiger partial charge in [0.05, 0.1) is 0 Å². The molecule has 8 nitrogen and oxygen atoms in total. The van der Waals surface area contributed by atoms with Gasteiger partial charge < -0.3 is 31.8 Å². The van der Waals surface area contributed by atoms with Crippen LogP contribution >= 0.6 is 0 Å². The molecule has 1 aliphatic rings. The summed E-state index contributed by atoms with van der Waals surface area (Å²) < 4.78 is 11.7. The monoisotopic (exact) mass is 563 g/mol. The van der Waals surface area contributed by atoms with Crippen LogP contribution < -0.4 is 26.7 Å². The molecule has 1 fully saturated rings. The summed E-state index contributed by atoms with van der Waals surface area (Å²) in [5, 5.41) is 8.33. The Bertz CT molecular complexity index is 1120. The van der Waals surface area contributed by atoms with Gasteiger partial charge in [-0.2, -0.15) is 0 Å². The van der Waals surface area contributed by atoms with E-state index in [1.807, 2.05) is 60.7 Å². The average Bonchev–Trinajstić information content (AvgIpc) is 3.01. The van der Waals surface area contributed by atoms with Gasteiger partial charge in [-0.25, -0.2) is 0 Å². The van der Waals surface area contributed by atoms with Crippen LogP contribution in [0.4, 0.5) is 0 Å². The van der Waals surface area contributed by atoms with Crippen LogP contribution in [0.15, 0.2) is 78.9 Å². The van der Waals surface area contributed by atoms with E-state index in [1.165, 1.54) is 32.1 Å². The molecule has 1 aliphatic carbocycles. The maximum Gasteiger partial charge on any atom is 0.320 e. The predicted molar refractivity (Wildman–Crippen MR) is 163 cm³/mol. The smallest absolute Gasteiger partial charge is 0.320 e. The Morgan fingerprint density at radius 2 is 1.41 bits per heavy atom. The summed E-state index contributed by atoms with van der Waals surface area (Å²) in [7, 11) is 0. The first kappa shape index (κ1) is 33.5. The zero-order valence-electron chi connectivity index (χ0n) is 23.8. The number of hydrogen-bond acceptors (Lipinski definition) is 7. The quantitative estimate of drug-likeness (QED) is 0.167. The number of benzene rings is 3. The molecule has 7 N–H and O–H groups in total. The number of unbranched alkanes of at least 4 members (excludes halogenated alkanes) is 1. The first-order valence-corrected chi connectivity index (χ1v) is 14.3. The van der Waals surface area contributed by atoms with Gasteiger partial charge in [-0.3, -0.25) is 9.59 Å². The number of carbonyl (C=O) groups is 2. The number of rotatable bonds is 12. The number of aldehydes is 1. The molecule has 0 aromatic heterocycles. The number of carbonyl (C=O) groups excluding carboxylic acids is 1. The van der Waals surface area contributed by atoms with Crippen molar-refractivity contribution in [2.24, 2.45) is 17.2 Å². The molecule has 0 spiro atoms. The number of nitrogens with two attached hydrogens (primary N) is 3. The molecule has 1 atom stereocenters. The molecule has 0 amide bonds. The minimum atomic E-state index is -0.933. The van der Waals surface area contributed by atoms with Gasteiger partial charge in [0.2, 0.25) is 0 Å². The van der Waals surface area contributed by atoms with Crippen molar-refractivity contribution in [3.8, 4) is 11.5 Å². The molecule has 41 heavy (non-hydrogen) atoms. The van der Waals surface area contributed by atoms with Gasteiger partial charge in [0.25, 0.3) is 0 Å². The molecule has 0 radical (unpaired) electrons. The van der Waals surface area contributed by atoms with E-state index in [2.05, 4.69) is 0 Å². The third kappa shape index (κ3) is 14.5. The molecular formula is C33H45N3O5. The van der Waals surface area contributed by atoms with E-state index in [0.29, 0.717) is 49.3 Å². The second kappa shape index (κ2) is 20.2. The van der Waals surface area contributed by atoms with E-state index < -0.39 is 12.0 Å². The number of hydrogen-bond donors (Lipinski definition) is 4. The fourth-order valence-corrected chi connectivity index (χ4v) is 4.07. The van der Waals surface area contributed by atoms with Crippen molar-refractivity contribution in [3.05, 3.63) is 95.6 Å². The van der Waals surface area contributed by atoms with Gasteiger partial charge in [-0.05, 0) is 61.6 Å². The van der Waals surface area contributed by atoms with E-state index in [9.17, 15) is 9.59 Å². The summed E-state index contributed by atoms with van der Waals surface area (Å²) in [6.45, 7) is 1.47. The van der Waals surface area contributed by atoms with Crippen LogP contribution in [0.1, 0.15) is 72.9 Å². The van der Waals surface area contributed by atoms with Crippen molar-refractivity contribution in [1.82, 2.24) is 0 Å². The van der Waals surface area contributed by atoms with E-state index in [1.54, 1.807) is 18.2 Å². The van der Waals surface area contributed by atoms with E-state index >= 15 is 0 Å². The summed E-state index contributed by atoms with van der Waals surface area (Å²) in [4.78, 5) is 21.2. The number of carboxylic acids is 1. The summed E-state index contributed by atoms with van der Waals surface area (Å²) in [5.41, 5.74) is 18.7. The SMILES string of the molecule is NC1CCCCC1.NCCCCC(N)C(=O)O.O=Cc1ccc(OCc2ccccc2)c(OCc2ccccc2)c1. The summed E-state index contributed by atoms with van der Waals surface area (Å²) in [6.07, 6.45) is 9.63. The Morgan fingerprint density at radius 1 is 0.854 bits per heavy atom. The summed E-state index contributed by atoms with van der Waals surface area (Å²) >= 11 is 0. The molecule has 0 saturated heterocycles. The molecular weight excluding hydrogens is 518 g/mol. The minimum absolute atomic E-state index is 0.421. The van der Waals surface area contributed by atoms with Gasteiger partial charge in [-0.1, -0.05) is 86.3 Å². The molecule has 3 aromatic carbocycles. The number of ether oxygens (including phenoxy) is 2. The maximum absolute atomic E-state index is 11.0. The third-order valence-electron chi connectivity index (χ3n) is 6.51. The lowest BCUT2D eigenvalue weighted by Crippen LogP contribution is -2.29. The molecule has 222 valence electrons. The van der Waals surface area contributed by atoms with Crippen LogP contribution in [0.25, 0.3) is 0 Å². The van der Waals surface area contributed by atoms with Gasteiger partial charge >= 0.3 is 5.97 Å². The first-order chi connectivity index (χ1) is 19.9. The molecule has 1 saturated carbocycles. The molecule has 0 heterocycles. The van der Waals surface area contributed by atoms with Crippen molar-refractivity contribution < 1.29 is 24.2 Å². The van der Waals surface area contributed by atoms with Crippen LogP contribution in [0.5, 0.6) is 11.5 Å². The largest absolute Gasteiger partial charge is 0.485 e. The molecule has 4 rings (SSSR count). The van der Waals surface area contributed by atoms with Gasteiger partial charge in [0, 0.05) is 11.6 Å². The van der Waals surface area contributed by atoms with E-state index in [0.717, 1.165) is 30.3 Å². The molecule has 0 bridgehead atoms. The normalized spacial score (nSPS) is 13.4. The lowest BCUT2D eigenvalue weighted by molar-refractivity contribution is -0.138. The Balaban J connectivity index is 0.000000284. The second-order valence-electron chi connectivity index (χ2n) is 10.00. The minimum Gasteiger partial charge on any atom is -0.485 e. The fourth-order valence-electron chi connectivity index (χ4n) is 4.07. The second-order valence-corrected chi connectivity index (χ2v) is 10.00. The molecule has 0 aliphatic heterocycles.